The van der Waals surface area contributed by atoms with Crippen molar-refractivity contribution in [2.24, 2.45) is 0 Å². The van der Waals surface area contributed by atoms with Crippen molar-refractivity contribution in [3.63, 3.8) is 0 Å². The predicted octanol–water partition coefficient (Wildman–Crippen LogP) is 2.82. The number of carbonyl (C=O) groups excluding carboxylic acids is 1. The van der Waals surface area contributed by atoms with E-state index in [0.29, 0.717) is 0 Å². The van der Waals surface area contributed by atoms with E-state index in [0.717, 1.165) is 30.7 Å². The van der Waals surface area contributed by atoms with Crippen LogP contribution in [0.2, 0.25) is 0 Å². The molecule has 0 saturated carbocycles. The summed E-state index contributed by atoms with van der Waals surface area (Å²) in [6.45, 7) is 6.94. The minimum atomic E-state index is -0.0347. The summed E-state index contributed by atoms with van der Waals surface area (Å²) in [5.41, 5.74) is 1.06. The van der Waals surface area contributed by atoms with Gasteiger partial charge in [-0.2, -0.15) is 0 Å². The molecular formula is C16H25ClN2O2. The lowest BCUT2D eigenvalue weighted by Gasteiger charge is -2.19. The molecular weight excluding hydrogens is 288 g/mol. The normalized spacial score (nSPS) is 19.0. The van der Waals surface area contributed by atoms with Crippen molar-refractivity contribution in [1.82, 2.24) is 10.6 Å². The highest BCUT2D eigenvalue weighted by atomic mass is 35.5. The summed E-state index contributed by atoms with van der Waals surface area (Å²) in [6, 6.07) is 7.86. The van der Waals surface area contributed by atoms with Crippen LogP contribution in [0.25, 0.3) is 0 Å². The molecule has 0 aliphatic carbocycles. The van der Waals surface area contributed by atoms with Gasteiger partial charge in [-0.05, 0) is 57.9 Å². The van der Waals surface area contributed by atoms with Crippen LogP contribution in [0, 0.1) is 0 Å². The largest absolute Gasteiger partial charge is 0.491 e. The van der Waals surface area contributed by atoms with E-state index in [1.165, 1.54) is 0 Å². The van der Waals surface area contributed by atoms with Gasteiger partial charge in [0.1, 0.15) is 5.75 Å². The van der Waals surface area contributed by atoms with Crippen molar-refractivity contribution in [2.45, 2.75) is 51.8 Å². The van der Waals surface area contributed by atoms with Crippen LogP contribution in [-0.2, 0) is 4.79 Å². The molecule has 1 saturated heterocycles. The summed E-state index contributed by atoms with van der Waals surface area (Å²) >= 11 is 0. The fourth-order valence-corrected chi connectivity index (χ4v) is 2.44. The van der Waals surface area contributed by atoms with Gasteiger partial charge in [0.2, 0.25) is 5.91 Å². The van der Waals surface area contributed by atoms with Gasteiger partial charge >= 0.3 is 0 Å². The molecule has 2 atom stereocenters. The lowest BCUT2D eigenvalue weighted by Crippen LogP contribution is -2.41. The third-order valence-corrected chi connectivity index (χ3v) is 3.47. The first-order valence-electron chi connectivity index (χ1n) is 7.36. The number of ether oxygens (including phenoxy) is 1. The Balaban J connectivity index is 0.00000220. The minimum Gasteiger partial charge on any atom is -0.491 e. The standard InChI is InChI=1S/C16H24N2O2.ClH/c1-11(2)20-14-7-4-6-13(10-14)12(3)18-16(19)15-8-5-9-17-15;/h4,6-7,10-12,15,17H,5,8-9H2,1-3H3,(H,18,19);1H/t12?,15-;/m0./s1. The fraction of sp³-hybridized carbons (Fsp3) is 0.562. The lowest BCUT2D eigenvalue weighted by molar-refractivity contribution is -0.123. The summed E-state index contributed by atoms with van der Waals surface area (Å²) in [5.74, 6) is 0.933. The topological polar surface area (TPSA) is 50.4 Å². The zero-order valence-corrected chi connectivity index (χ0v) is 13.7. The van der Waals surface area contributed by atoms with Crippen molar-refractivity contribution in [2.75, 3.05) is 6.54 Å². The summed E-state index contributed by atoms with van der Waals surface area (Å²) in [7, 11) is 0. The second-order valence-corrected chi connectivity index (χ2v) is 5.62. The lowest BCUT2D eigenvalue weighted by atomic mass is 10.1. The average Bonchev–Trinajstić information content (AvgIpc) is 2.92. The third kappa shape index (κ3) is 5.21. The third-order valence-electron chi connectivity index (χ3n) is 3.47. The van der Waals surface area contributed by atoms with Crippen LogP contribution < -0.4 is 15.4 Å². The van der Waals surface area contributed by atoms with Crippen LogP contribution in [0.15, 0.2) is 24.3 Å². The molecule has 1 unspecified atom stereocenters. The van der Waals surface area contributed by atoms with E-state index in [1.54, 1.807) is 0 Å². The zero-order valence-electron chi connectivity index (χ0n) is 12.9. The highest BCUT2D eigenvalue weighted by Gasteiger charge is 2.23. The fourth-order valence-electron chi connectivity index (χ4n) is 2.44. The predicted molar refractivity (Wildman–Crippen MR) is 87.0 cm³/mol. The van der Waals surface area contributed by atoms with E-state index < -0.39 is 0 Å². The van der Waals surface area contributed by atoms with Crippen LogP contribution in [-0.4, -0.2) is 24.6 Å². The molecule has 2 N–H and O–H groups in total. The maximum absolute atomic E-state index is 12.1. The SMILES string of the molecule is CC(C)Oc1cccc(C(C)NC(=O)[C@@H]2CCCN2)c1.Cl. The highest BCUT2D eigenvalue weighted by Crippen LogP contribution is 2.20. The Morgan fingerprint density at radius 1 is 1.38 bits per heavy atom. The van der Waals surface area contributed by atoms with Crippen LogP contribution in [0.5, 0.6) is 5.75 Å². The first-order chi connectivity index (χ1) is 9.56. The molecule has 1 aromatic carbocycles. The summed E-state index contributed by atoms with van der Waals surface area (Å²) in [4.78, 5) is 12.1. The molecule has 1 aliphatic rings. The Morgan fingerprint density at radius 3 is 2.76 bits per heavy atom. The van der Waals surface area contributed by atoms with E-state index in [9.17, 15) is 4.79 Å². The van der Waals surface area contributed by atoms with E-state index in [2.05, 4.69) is 10.6 Å². The molecule has 0 aromatic heterocycles. The highest BCUT2D eigenvalue weighted by molar-refractivity contribution is 5.85. The number of hydrogen-bond donors (Lipinski definition) is 2. The second-order valence-electron chi connectivity index (χ2n) is 5.62. The van der Waals surface area contributed by atoms with E-state index in [1.807, 2.05) is 45.0 Å². The van der Waals surface area contributed by atoms with Crippen molar-refractivity contribution >= 4 is 18.3 Å². The van der Waals surface area contributed by atoms with Crippen molar-refractivity contribution in [3.8, 4) is 5.75 Å². The summed E-state index contributed by atoms with van der Waals surface area (Å²) in [5, 5.41) is 6.28. The van der Waals surface area contributed by atoms with Gasteiger partial charge in [0, 0.05) is 0 Å². The van der Waals surface area contributed by atoms with Crippen LogP contribution in [0.1, 0.15) is 45.2 Å². The Labute approximate surface area is 133 Å². The van der Waals surface area contributed by atoms with Crippen LogP contribution in [0.3, 0.4) is 0 Å². The van der Waals surface area contributed by atoms with Gasteiger partial charge in [-0.3, -0.25) is 4.79 Å². The van der Waals surface area contributed by atoms with Gasteiger partial charge < -0.3 is 15.4 Å². The molecule has 1 aromatic rings. The molecule has 0 spiro atoms. The van der Waals surface area contributed by atoms with Crippen LogP contribution >= 0.6 is 12.4 Å². The number of halogens is 1. The summed E-state index contributed by atoms with van der Waals surface area (Å²) < 4.78 is 5.68. The van der Waals surface area contributed by atoms with Gasteiger partial charge in [-0.15, -0.1) is 12.4 Å². The molecule has 5 heteroatoms. The number of hydrogen-bond acceptors (Lipinski definition) is 3. The molecule has 1 heterocycles. The quantitative estimate of drug-likeness (QED) is 0.879. The van der Waals surface area contributed by atoms with E-state index in [4.69, 9.17) is 4.74 Å². The molecule has 1 aliphatic heterocycles. The molecule has 1 fully saturated rings. The molecule has 118 valence electrons. The minimum absolute atomic E-state index is 0. The number of benzene rings is 1. The van der Waals surface area contributed by atoms with E-state index >= 15 is 0 Å². The van der Waals surface area contributed by atoms with Crippen molar-refractivity contribution in [3.05, 3.63) is 29.8 Å². The smallest absolute Gasteiger partial charge is 0.237 e. The van der Waals surface area contributed by atoms with Gasteiger partial charge in [-0.1, -0.05) is 12.1 Å². The molecule has 0 bridgehead atoms. The zero-order chi connectivity index (χ0) is 14.5. The molecule has 0 radical (unpaired) electrons. The number of nitrogens with one attached hydrogen (secondary N) is 2. The first kappa shape index (κ1) is 17.8. The van der Waals surface area contributed by atoms with Gasteiger partial charge in [-0.25, -0.2) is 0 Å². The Morgan fingerprint density at radius 2 is 2.14 bits per heavy atom. The Kier molecular flexibility index (Phi) is 6.99. The van der Waals surface area contributed by atoms with Gasteiger partial charge in [0.15, 0.2) is 0 Å². The number of carbonyl (C=O) groups is 1. The van der Waals surface area contributed by atoms with Crippen molar-refractivity contribution in [1.29, 1.82) is 0 Å². The summed E-state index contributed by atoms with van der Waals surface area (Å²) in [6.07, 6.45) is 2.15. The van der Waals surface area contributed by atoms with E-state index in [-0.39, 0.29) is 36.5 Å². The second kappa shape index (κ2) is 8.25. The van der Waals surface area contributed by atoms with Gasteiger partial charge in [0.05, 0.1) is 18.2 Å². The molecule has 2 rings (SSSR count). The van der Waals surface area contributed by atoms with Crippen molar-refractivity contribution < 1.29 is 9.53 Å². The molecule has 4 nitrogen and oxygen atoms in total. The maximum Gasteiger partial charge on any atom is 0.237 e. The average molecular weight is 313 g/mol. The monoisotopic (exact) mass is 312 g/mol. The number of rotatable bonds is 5. The molecule has 1 amide bonds. The Bertz CT molecular complexity index is 459. The first-order valence-corrected chi connectivity index (χ1v) is 7.36. The van der Waals surface area contributed by atoms with Gasteiger partial charge in [0.25, 0.3) is 0 Å². The number of amides is 1. The van der Waals surface area contributed by atoms with Crippen LogP contribution in [0.4, 0.5) is 0 Å². The Hall–Kier alpha value is -1.26. The maximum atomic E-state index is 12.1. The molecule has 21 heavy (non-hydrogen) atoms.